The summed E-state index contributed by atoms with van der Waals surface area (Å²) >= 11 is 1.03. The number of carbonyl (C=O) groups is 2. The van der Waals surface area contributed by atoms with Gasteiger partial charge in [-0.15, -0.1) is 0 Å². The fourth-order valence-electron chi connectivity index (χ4n) is 1.55. The monoisotopic (exact) mass is 320 g/mol. The molecule has 0 aliphatic rings. The van der Waals surface area contributed by atoms with Crippen molar-refractivity contribution < 1.29 is 14.7 Å². The Morgan fingerprint density at radius 1 is 1.32 bits per heavy atom. The SMILES string of the molecule is Nc1cc(=O)[nH]c(SCC(=O)Nc2ccc(C(=O)O)cc2)n1. The van der Waals surface area contributed by atoms with Gasteiger partial charge in [-0.25, -0.2) is 9.78 Å². The number of carbonyl (C=O) groups excluding carboxylic acids is 1. The highest BCUT2D eigenvalue weighted by Crippen LogP contribution is 2.14. The number of hydrogen-bond acceptors (Lipinski definition) is 6. The minimum absolute atomic E-state index is 0.0209. The largest absolute Gasteiger partial charge is 0.478 e. The number of nitrogen functional groups attached to an aromatic ring is 1. The van der Waals surface area contributed by atoms with Crippen molar-refractivity contribution in [3.63, 3.8) is 0 Å². The molecule has 1 aromatic heterocycles. The van der Waals surface area contributed by atoms with Crippen molar-refractivity contribution in [3.8, 4) is 0 Å². The molecule has 0 radical (unpaired) electrons. The number of anilines is 2. The number of aromatic amines is 1. The van der Waals surface area contributed by atoms with E-state index in [0.29, 0.717) is 5.69 Å². The lowest BCUT2D eigenvalue weighted by Crippen LogP contribution is -2.15. The molecule has 114 valence electrons. The molecular weight excluding hydrogens is 308 g/mol. The molecule has 2 aromatic rings. The average molecular weight is 320 g/mol. The number of amides is 1. The molecule has 0 spiro atoms. The van der Waals surface area contributed by atoms with E-state index in [0.717, 1.165) is 17.8 Å². The van der Waals surface area contributed by atoms with Gasteiger partial charge in [-0.1, -0.05) is 11.8 Å². The molecule has 8 nitrogen and oxygen atoms in total. The highest BCUT2D eigenvalue weighted by Gasteiger charge is 2.07. The molecule has 1 heterocycles. The summed E-state index contributed by atoms with van der Waals surface area (Å²) in [5.74, 6) is -1.26. The van der Waals surface area contributed by atoms with Crippen LogP contribution in [0.5, 0.6) is 0 Å². The Bertz CT molecular complexity index is 757. The standard InChI is InChI=1S/C13H12N4O4S/c14-9-5-10(18)17-13(16-9)22-6-11(19)15-8-3-1-7(2-4-8)12(20)21/h1-5H,6H2,(H,15,19)(H,20,21)(H3,14,16,17,18). The number of carboxylic acids is 1. The van der Waals surface area contributed by atoms with Gasteiger partial charge in [0.25, 0.3) is 5.56 Å². The number of aromatic carboxylic acids is 1. The van der Waals surface area contributed by atoms with Crippen molar-refractivity contribution in [3.05, 3.63) is 46.2 Å². The summed E-state index contributed by atoms with van der Waals surface area (Å²) in [6, 6.07) is 6.91. The first-order valence-electron chi connectivity index (χ1n) is 6.07. The van der Waals surface area contributed by atoms with Gasteiger partial charge in [0.2, 0.25) is 5.91 Å². The van der Waals surface area contributed by atoms with Gasteiger partial charge in [0.05, 0.1) is 11.3 Å². The lowest BCUT2D eigenvalue weighted by Gasteiger charge is -2.05. The number of benzene rings is 1. The number of hydrogen-bond donors (Lipinski definition) is 4. The van der Waals surface area contributed by atoms with E-state index in [1.54, 1.807) is 0 Å². The van der Waals surface area contributed by atoms with Crippen LogP contribution < -0.4 is 16.6 Å². The number of rotatable bonds is 5. The third-order valence-electron chi connectivity index (χ3n) is 2.50. The lowest BCUT2D eigenvalue weighted by molar-refractivity contribution is -0.113. The smallest absolute Gasteiger partial charge is 0.335 e. The maximum Gasteiger partial charge on any atom is 0.335 e. The fourth-order valence-corrected chi connectivity index (χ4v) is 2.23. The molecule has 0 bridgehead atoms. The predicted molar refractivity (Wildman–Crippen MR) is 82.0 cm³/mol. The van der Waals surface area contributed by atoms with Crippen molar-refractivity contribution in [1.82, 2.24) is 9.97 Å². The molecule has 2 rings (SSSR count). The zero-order valence-electron chi connectivity index (χ0n) is 11.2. The summed E-state index contributed by atoms with van der Waals surface area (Å²) in [6.07, 6.45) is 0. The Balaban J connectivity index is 1.92. The van der Waals surface area contributed by atoms with Gasteiger partial charge >= 0.3 is 5.97 Å². The van der Waals surface area contributed by atoms with E-state index < -0.39 is 5.97 Å². The van der Waals surface area contributed by atoms with Crippen LogP contribution in [0.25, 0.3) is 0 Å². The van der Waals surface area contributed by atoms with Crippen LogP contribution in [0.3, 0.4) is 0 Å². The van der Waals surface area contributed by atoms with Crippen molar-refractivity contribution in [2.24, 2.45) is 0 Å². The number of nitrogens with one attached hydrogen (secondary N) is 2. The molecule has 1 amide bonds. The van der Waals surface area contributed by atoms with E-state index in [1.807, 2.05) is 0 Å². The number of carboxylic acid groups (broad SMARTS) is 1. The molecule has 0 saturated carbocycles. The van der Waals surface area contributed by atoms with E-state index in [-0.39, 0.29) is 33.8 Å². The van der Waals surface area contributed by atoms with Crippen LogP contribution >= 0.6 is 11.8 Å². The summed E-state index contributed by atoms with van der Waals surface area (Å²) in [5, 5.41) is 11.6. The molecule has 9 heteroatoms. The van der Waals surface area contributed by atoms with Crippen molar-refractivity contribution in [2.75, 3.05) is 16.8 Å². The van der Waals surface area contributed by atoms with Crippen molar-refractivity contribution >= 4 is 35.1 Å². The minimum atomic E-state index is -1.04. The van der Waals surface area contributed by atoms with Crippen LogP contribution in [0.1, 0.15) is 10.4 Å². The molecule has 0 unspecified atom stereocenters. The first kappa shape index (κ1) is 15.6. The molecule has 0 saturated heterocycles. The second-order valence-electron chi connectivity index (χ2n) is 4.19. The van der Waals surface area contributed by atoms with E-state index in [2.05, 4.69) is 15.3 Å². The van der Waals surface area contributed by atoms with Crippen LogP contribution in [0.15, 0.2) is 40.3 Å². The zero-order chi connectivity index (χ0) is 16.1. The fraction of sp³-hybridized carbons (Fsp3) is 0.0769. The Labute approximate surface area is 128 Å². The molecule has 1 aromatic carbocycles. The van der Waals surface area contributed by atoms with Gasteiger partial charge in [0.1, 0.15) is 5.82 Å². The van der Waals surface area contributed by atoms with Crippen molar-refractivity contribution in [1.29, 1.82) is 0 Å². The van der Waals surface area contributed by atoms with Gasteiger partial charge < -0.3 is 21.1 Å². The Morgan fingerprint density at radius 2 is 2.00 bits per heavy atom. The molecule has 0 aliphatic heterocycles. The molecule has 0 aliphatic carbocycles. The lowest BCUT2D eigenvalue weighted by atomic mass is 10.2. The normalized spacial score (nSPS) is 10.2. The second kappa shape index (κ2) is 6.76. The van der Waals surface area contributed by atoms with Gasteiger partial charge in [-0.05, 0) is 24.3 Å². The predicted octanol–water partition coefficient (Wildman–Crippen LogP) is 0.781. The highest BCUT2D eigenvalue weighted by atomic mass is 32.2. The van der Waals surface area contributed by atoms with Crippen LogP contribution in [0.4, 0.5) is 11.5 Å². The van der Waals surface area contributed by atoms with Crippen LogP contribution in [-0.2, 0) is 4.79 Å². The summed E-state index contributed by atoms with van der Waals surface area (Å²) in [4.78, 5) is 40.0. The second-order valence-corrected chi connectivity index (χ2v) is 5.16. The van der Waals surface area contributed by atoms with Gasteiger partial charge in [-0.2, -0.15) is 0 Å². The average Bonchev–Trinajstić information content (AvgIpc) is 2.45. The van der Waals surface area contributed by atoms with Gasteiger partial charge in [0, 0.05) is 11.8 Å². The van der Waals surface area contributed by atoms with Crippen LogP contribution in [-0.4, -0.2) is 32.7 Å². The van der Waals surface area contributed by atoms with E-state index >= 15 is 0 Å². The van der Waals surface area contributed by atoms with E-state index in [1.165, 1.54) is 24.3 Å². The van der Waals surface area contributed by atoms with Gasteiger partial charge in [-0.3, -0.25) is 9.59 Å². The van der Waals surface area contributed by atoms with E-state index in [4.69, 9.17) is 10.8 Å². The third-order valence-corrected chi connectivity index (χ3v) is 3.37. The quantitative estimate of drug-likeness (QED) is 0.471. The summed E-state index contributed by atoms with van der Waals surface area (Å²) in [5.41, 5.74) is 5.66. The first-order chi connectivity index (χ1) is 10.4. The number of thioether (sulfide) groups is 1. The topological polar surface area (TPSA) is 138 Å². The third kappa shape index (κ3) is 4.35. The number of H-pyrrole nitrogens is 1. The maximum absolute atomic E-state index is 11.8. The molecular formula is C13H12N4O4S. The Morgan fingerprint density at radius 3 is 2.59 bits per heavy atom. The van der Waals surface area contributed by atoms with Gasteiger partial charge in [0.15, 0.2) is 5.16 Å². The van der Waals surface area contributed by atoms with E-state index in [9.17, 15) is 14.4 Å². The Hall–Kier alpha value is -2.81. The maximum atomic E-state index is 11.8. The van der Waals surface area contributed by atoms with Crippen LogP contribution in [0.2, 0.25) is 0 Å². The number of nitrogens with zero attached hydrogens (tertiary/aromatic N) is 1. The number of nitrogens with two attached hydrogens (primary N) is 1. The first-order valence-corrected chi connectivity index (χ1v) is 7.05. The molecule has 22 heavy (non-hydrogen) atoms. The summed E-state index contributed by atoms with van der Waals surface area (Å²) < 4.78 is 0. The van der Waals surface area contributed by atoms with Crippen LogP contribution in [0, 0.1) is 0 Å². The summed E-state index contributed by atoms with van der Waals surface area (Å²) in [6.45, 7) is 0. The zero-order valence-corrected chi connectivity index (χ0v) is 12.0. The summed E-state index contributed by atoms with van der Waals surface area (Å²) in [7, 11) is 0. The highest BCUT2D eigenvalue weighted by molar-refractivity contribution is 7.99. The molecule has 0 fully saturated rings. The van der Waals surface area contributed by atoms with Crippen molar-refractivity contribution in [2.45, 2.75) is 5.16 Å². The molecule has 0 atom stereocenters. The number of aromatic nitrogens is 2. The molecule has 5 N–H and O–H groups in total. The Kier molecular flexibility index (Phi) is 4.79. The minimum Gasteiger partial charge on any atom is -0.478 e.